The van der Waals surface area contributed by atoms with Gasteiger partial charge in [-0.1, -0.05) is 36.4 Å². The minimum absolute atomic E-state index is 0.768. The van der Waals surface area contributed by atoms with Crippen molar-refractivity contribution < 1.29 is 5.11 Å². The Bertz CT molecular complexity index is 291. The molecule has 0 bridgehead atoms. The molecule has 0 saturated heterocycles. The minimum atomic E-state index is -0.768. The molecule has 1 aromatic rings. The van der Waals surface area contributed by atoms with E-state index in [9.17, 15) is 5.11 Å². The van der Waals surface area contributed by atoms with Crippen molar-refractivity contribution in [1.29, 1.82) is 0 Å². The van der Waals surface area contributed by atoms with Crippen LogP contribution in [0.4, 0.5) is 0 Å². The zero-order chi connectivity index (χ0) is 9.90. The Morgan fingerprint density at radius 3 is 2.15 bits per heavy atom. The number of allylic oxidation sites excluding steroid dienone is 1. The second-order valence-corrected chi connectivity index (χ2v) is 3.63. The first-order valence-electron chi connectivity index (χ1n) is 4.50. The summed E-state index contributed by atoms with van der Waals surface area (Å²) in [4.78, 5) is 0. The Hall–Kier alpha value is -1.08. The average molecular weight is 176 g/mol. The van der Waals surface area contributed by atoms with Gasteiger partial charge in [0.25, 0.3) is 0 Å². The van der Waals surface area contributed by atoms with Crippen molar-refractivity contribution in [1.82, 2.24) is 0 Å². The number of rotatable bonds is 2. The summed E-state index contributed by atoms with van der Waals surface area (Å²) in [5, 5.41) is 9.86. The average Bonchev–Trinajstić information content (AvgIpc) is 2.05. The van der Waals surface area contributed by atoms with Crippen molar-refractivity contribution in [2.24, 2.45) is 0 Å². The SMILES string of the molecule is C/C=C(\c1ccccc1)C(C)(C)O. The third-order valence-electron chi connectivity index (χ3n) is 2.03. The fraction of sp³-hybridized carbons (Fsp3) is 0.333. The standard InChI is InChI=1S/C12H16O/c1-4-11(12(2,3)13)10-8-6-5-7-9-10/h4-9,13H,1-3H3/b11-4+. The van der Waals surface area contributed by atoms with E-state index in [4.69, 9.17) is 0 Å². The lowest BCUT2D eigenvalue weighted by molar-refractivity contribution is 0.143. The molecule has 0 radical (unpaired) electrons. The van der Waals surface area contributed by atoms with E-state index < -0.39 is 5.60 Å². The first-order valence-corrected chi connectivity index (χ1v) is 4.50. The lowest BCUT2D eigenvalue weighted by Crippen LogP contribution is -2.20. The molecule has 1 N–H and O–H groups in total. The van der Waals surface area contributed by atoms with E-state index in [1.165, 1.54) is 0 Å². The van der Waals surface area contributed by atoms with Gasteiger partial charge in [0, 0.05) is 0 Å². The molecule has 1 nitrogen and oxygen atoms in total. The summed E-state index contributed by atoms with van der Waals surface area (Å²) in [5.74, 6) is 0. The van der Waals surface area contributed by atoms with E-state index in [0.29, 0.717) is 0 Å². The number of aliphatic hydroxyl groups is 1. The van der Waals surface area contributed by atoms with Crippen molar-refractivity contribution in [3.63, 3.8) is 0 Å². The van der Waals surface area contributed by atoms with Gasteiger partial charge in [0.05, 0.1) is 5.60 Å². The van der Waals surface area contributed by atoms with Crippen LogP contribution in [0.1, 0.15) is 26.3 Å². The normalized spacial score (nSPS) is 13.1. The van der Waals surface area contributed by atoms with Gasteiger partial charge >= 0.3 is 0 Å². The van der Waals surface area contributed by atoms with Crippen LogP contribution in [0.3, 0.4) is 0 Å². The molecule has 0 atom stereocenters. The predicted octanol–water partition coefficient (Wildman–Crippen LogP) is 2.86. The minimum Gasteiger partial charge on any atom is -0.386 e. The Morgan fingerprint density at radius 1 is 1.23 bits per heavy atom. The molecule has 0 unspecified atom stereocenters. The van der Waals surface area contributed by atoms with Crippen LogP contribution >= 0.6 is 0 Å². The summed E-state index contributed by atoms with van der Waals surface area (Å²) >= 11 is 0. The van der Waals surface area contributed by atoms with Gasteiger partial charge in [0.1, 0.15) is 0 Å². The second kappa shape index (κ2) is 3.75. The van der Waals surface area contributed by atoms with Crippen LogP contribution in [0, 0.1) is 0 Å². The zero-order valence-corrected chi connectivity index (χ0v) is 8.41. The molecule has 1 rings (SSSR count). The topological polar surface area (TPSA) is 20.2 Å². The Morgan fingerprint density at radius 2 is 1.77 bits per heavy atom. The van der Waals surface area contributed by atoms with Gasteiger partial charge in [0.15, 0.2) is 0 Å². The molecule has 1 heteroatoms. The van der Waals surface area contributed by atoms with Crippen molar-refractivity contribution >= 4 is 5.57 Å². The highest BCUT2D eigenvalue weighted by Gasteiger charge is 2.19. The van der Waals surface area contributed by atoms with E-state index in [0.717, 1.165) is 11.1 Å². The van der Waals surface area contributed by atoms with Crippen molar-refractivity contribution in [2.75, 3.05) is 0 Å². The molecule has 70 valence electrons. The van der Waals surface area contributed by atoms with Crippen LogP contribution in [-0.4, -0.2) is 10.7 Å². The van der Waals surface area contributed by atoms with Crippen molar-refractivity contribution in [2.45, 2.75) is 26.4 Å². The van der Waals surface area contributed by atoms with E-state index in [1.54, 1.807) is 13.8 Å². The second-order valence-electron chi connectivity index (χ2n) is 3.63. The van der Waals surface area contributed by atoms with Gasteiger partial charge < -0.3 is 5.11 Å². The van der Waals surface area contributed by atoms with Gasteiger partial charge in [-0.25, -0.2) is 0 Å². The monoisotopic (exact) mass is 176 g/mol. The summed E-state index contributed by atoms with van der Waals surface area (Å²) in [7, 11) is 0. The third kappa shape index (κ3) is 2.43. The number of benzene rings is 1. The largest absolute Gasteiger partial charge is 0.386 e. The molecule has 1 aromatic carbocycles. The van der Waals surface area contributed by atoms with Crippen molar-refractivity contribution in [3.05, 3.63) is 42.0 Å². The summed E-state index contributed by atoms with van der Waals surface area (Å²) in [6, 6.07) is 9.94. The maximum absolute atomic E-state index is 9.86. The van der Waals surface area contributed by atoms with Crippen LogP contribution in [0.5, 0.6) is 0 Å². The lowest BCUT2D eigenvalue weighted by atomic mass is 9.91. The number of hydrogen-bond donors (Lipinski definition) is 1. The molecule has 13 heavy (non-hydrogen) atoms. The molecule has 0 amide bonds. The lowest BCUT2D eigenvalue weighted by Gasteiger charge is -2.21. The molecule has 0 aliphatic heterocycles. The van der Waals surface area contributed by atoms with Crippen LogP contribution < -0.4 is 0 Å². The molecular formula is C12H16O. The van der Waals surface area contributed by atoms with Gasteiger partial charge in [-0.05, 0) is 31.9 Å². The quantitative estimate of drug-likeness (QED) is 0.734. The number of hydrogen-bond acceptors (Lipinski definition) is 1. The van der Waals surface area contributed by atoms with Crippen LogP contribution in [0.25, 0.3) is 5.57 Å². The maximum Gasteiger partial charge on any atom is 0.0843 e. The molecule has 0 heterocycles. The fourth-order valence-electron chi connectivity index (χ4n) is 1.49. The molecule has 0 spiro atoms. The highest BCUT2D eigenvalue weighted by molar-refractivity contribution is 5.70. The van der Waals surface area contributed by atoms with E-state index >= 15 is 0 Å². The molecule has 0 aliphatic rings. The molecule has 0 aromatic heterocycles. The molecule has 0 fully saturated rings. The van der Waals surface area contributed by atoms with E-state index in [2.05, 4.69) is 0 Å². The molecule has 0 saturated carbocycles. The molecular weight excluding hydrogens is 160 g/mol. The van der Waals surface area contributed by atoms with Crippen LogP contribution in [0.2, 0.25) is 0 Å². The highest BCUT2D eigenvalue weighted by atomic mass is 16.3. The summed E-state index contributed by atoms with van der Waals surface area (Å²) in [5.41, 5.74) is 1.28. The summed E-state index contributed by atoms with van der Waals surface area (Å²) in [6.45, 7) is 5.55. The van der Waals surface area contributed by atoms with Gasteiger partial charge in [-0.2, -0.15) is 0 Å². The van der Waals surface area contributed by atoms with Crippen LogP contribution in [0.15, 0.2) is 36.4 Å². The summed E-state index contributed by atoms with van der Waals surface area (Å²) < 4.78 is 0. The predicted molar refractivity (Wildman–Crippen MR) is 56.4 cm³/mol. The van der Waals surface area contributed by atoms with E-state index in [-0.39, 0.29) is 0 Å². The Balaban J connectivity index is 3.08. The molecule has 0 aliphatic carbocycles. The van der Waals surface area contributed by atoms with Gasteiger partial charge in [-0.3, -0.25) is 0 Å². The van der Waals surface area contributed by atoms with Crippen LogP contribution in [-0.2, 0) is 0 Å². The summed E-state index contributed by atoms with van der Waals surface area (Å²) in [6.07, 6.45) is 1.95. The Kier molecular flexibility index (Phi) is 2.89. The smallest absolute Gasteiger partial charge is 0.0843 e. The van der Waals surface area contributed by atoms with Gasteiger partial charge in [0.2, 0.25) is 0 Å². The third-order valence-corrected chi connectivity index (χ3v) is 2.03. The Labute approximate surface area is 79.7 Å². The first kappa shape index (κ1) is 10.0. The fourth-order valence-corrected chi connectivity index (χ4v) is 1.49. The van der Waals surface area contributed by atoms with E-state index in [1.807, 2.05) is 43.3 Å². The first-order chi connectivity index (χ1) is 6.05. The highest BCUT2D eigenvalue weighted by Crippen LogP contribution is 2.25. The van der Waals surface area contributed by atoms with Crippen molar-refractivity contribution in [3.8, 4) is 0 Å². The maximum atomic E-state index is 9.86. The zero-order valence-electron chi connectivity index (χ0n) is 8.41. The van der Waals surface area contributed by atoms with Gasteiger partial charge in [-0.15, -0.1) is 0 Å².